The van der Waals surface area contributed by atoms with Crippen molar-refractivity contribution in [1.82, 2.24) is 0 Å². The van der Waals surface area contributed by atoms with E-state index in [1.807, 2.05) is 25.3 Å². The molecule has 6 atom stereocenters. The van der Waals surface area contributed by atoms with Crippen LogP contribution in [0.25, 0.3) is 0 Å². The third-order valence-corrected chi connectivity index (χ3v) is 9.02. The number of carboxylic acids is 1. The van der Waals surface area contributed by atoms with E-state index in [1.165, 1.54) is 29.5 Å². The molecule has 2 fully saturated rings. The summed E-state index contributed by atoms with van der Waals surface area (Å²) in [6, 6.07) is 17.0. The first-order valence-corrected chi connectivity index (χ1v) is 12.5. The van der Waals surface area contributed by atoms with Gasteiger partial charge in [-0.1, -0.05) is 43.3 Å². The molecule has 0 saturated heterocycles. The molecular weight excluding hydrogens is 412 g/mol. The first-order valence-electron chi connectivity index (χ1n) is 12.5. The van der Waals surface area contributed by atoms with Crippen molar-refractivity contribution in [1.29, 1.82) is 0 Å². The summed E-state index contributed by atoms with van der Waals surface area (Å²) in [5.41, 5.74) is 4.28. The second-order valence-electron chi connectivity index (χ2n) is 10.7. The molecule has 176 valence electrons. The van der Waals surface area contributed by atoms with Crippen LogP contribution in [0.1, 0.15) is 68.1 Å². The maximum absolute atomic E-state index is 11.3. The summed E-state index contributed by atoms with van der Waals surface area (Å²) in [7, 11) is 1.84. The van der Waals surface area contributed by atoms with Crippen LogP contribution in [0, 0.1) is 23.2 Å². The highest BCUT2D eigenvalue weighted by atomic mass is 16.5. The number of hydrogen-bond donors (Lipinski definition) is 1. The van der Waals surface area contributed by atoms with Crippen LogP contribution < -0.4 is 4.74 Å². The van der Waals surface area contributed by atoms with Gasteiger partial charge in [-0.2, -0.15) is 0 Å². The Morgan fingerprint density at radius 1 is 1.15 bits per heavy atom. The van der Waals surface area contributed by atoms with Gasteiger partial charge in [-0.15, -0.1) is 0 Å². The van der Waals surface area contributed by atoms with Crippen molar-refractivity contribution in [3.05, 3.63) is 65.2 Å². The van der Waals surface area contributed by atoms with Gasteiger partial charge < -0.3 is 14.6 Å². The molecule has 33 heavy (non-hydrogen) atoms. The minimum absolute atomic E-state index is 0.162. The molecule has 3 aliphatic rings. The van der Waals surface area contributed by atoms with E-state index in [2.05, 4.69) is 37.3 Å². The maximum atomic E-state index is 11.3. The van der Waals surface area contributed by atoms with E-state index in [-0.39, 0.29) is 17.9 Å². The van der Waals surface area contributed by atoms with Crippen molar-refractivity contribution in [2.45, 2.75) is 70.5 Å². The zero-order valence-electron chi connectivity index (χ0n) is 19.8. The fourth-order valence-corrected chi connectivity index (χ4v) is 7.59. The maximum Gasteiger partial charge on any atom is 0.303 e. The standard InChI is InChI=1S/C29H36O4/c1-29-15-14-24-23-12-10-22(33-18-19-6-4-3-5-7-19)16-20(23)8-11-25(24)28(29)21(9-13-27(30)31)17-26(29)32-2/h3-7,10,12,16,21,24-26,28H,8-9,11,13-15,17-18H2,1-2H3,(H,30,31). The normalized spacial score (nSPS) is 32.5. The van der Waals surface area contributed by atoms with Gasteiger partial charge in [0.2, 0.25) is 0 Å². The van der Waals surface area contributed by atoms with Crippen molar-refractivity contribution in [3.63, 3.8) is 0 Å². The Bertz CT molecular complexity index is 986. The second kappa shape index (κ2) is 9.13. The molecule has 0 spiro atoms. The monoisotopic (exact) mass is 448 g/mol. The molecule has 2 saturated carbocycles. The Labute approximate surface area is 197 Å². The lowest BCUT2D eigenvalue weighted by atomic mass is 9.53. The second-order valence-corrected chi connectivity index (χ2v) is 10.7. The van der Waals surface area contributed by atoms with Crippen molar-refractivity contribution < 1.29 is 19.4 Å². The molecule has 0 amide bonds. The largest absolute Gasteiger partial charge is 0.489 e. The van der Waals surface area contributed by atoms with Gasteiger partial charge in [0.1, 0.15) is 12.4 Å². The quantitative estimate of drug-likeness (QED) is 0.546. The zero-order chi connectivity index (χ0) is 23.0. The number of fused-ring (bicyclic) bond motifs is 5. The van der Waals surface area contributed by atoms with Crippen LogP contribution in [0.2, 0.25) is 0 Å². The van der Waals surface area contributed by atoms with E-state index in [1.54, 1.807) is 0 Å². The van der Waals surface area contributed by atoms with Gasteiger partial charge in [0, 0.05) is 13.5 Å². The molecule has 2 aromatic rings. The highest BCUT2D eigenvalue weighted by Gasteiger charge is 2.58. The predicted octanol–water partition coefficient (Wildman–Crippen LogP) is 6.23. The third kappa shape index (κ3) is 4.19. The lowest BCUT2D eigenvalue weighted by Crippen LogP contribution is -2.45. The van der Waals surface area contributed by atoms with Crippen LogP contribution in [-0.4, -0.2) is 24.3 Å². The number of carboxylic acid groups (broad SMARTS) is 1. The molecule has 0 heterocycles. The van der Waals surface area contributed by atoms with E-state index >= 15 is 0 Å². The van der Waals surface area contributed by atoms with E-state index in [9.17, 15) is 9.90 Å². The Kier molecular flexibility index (Phi) is 6.22. The SMILES string of the molecule is COC1CC(CCC(=O)O)C2C3CCc4cc(OCc5ccccc5)ccc4C3CCC12C. The van der Waals surface area contributed by atoms with Crippen molar-refractivity contribution >= 4 is 5.97 Å². The number of aliphatic carboxylic acids is 1. The molecule has 0 radical (unpaired) electrons. The minimum Gasteiger partial charge on any atom is -0.489 e. The average molecular weight is 449 g/mol. The molecule has 3 aliphatic carbocycles. The summed E-state index contributed by atoms with van der Waals surface area (Å²) in [4.78, 5) is 11.3. The van der Waals surface area contributed by atoms with Gasteiger partial charge in [0.15, 0.2) is 0 Å². The fourth-order valence-electron chi connectivity index (χ4n) is 7.59. The van der Waals surface area contributed by atoms with E-state index in [0.717, 1.165) is 31.4 Å². The van der Waals surface area contributed by atoms with Crippen molar-refractivity contribution in [3.8, 4) is 5.75 Å². The van der Waals surface area contributed by atoms with Crippen molar-refractivity contribution in [2.75, 3.05) is 7.11 Å². The van der Waals surface area contributed by atoms with Crippen LogP contribution in [0.4, 0.5) is 0 Å². The molecule has 1 N–H and O–H groups in total. The summed E-state index contributed by atoms with van der Waals surface area (Å²) in [5, 5.41) is 9.32. The predicted molar refractivity (Wildman–Crippen MR) is 128 cm³/mol. The van der Waals surface area contributed by atoms with Crippen LogP contribution >= 0.6 is 0 Å². The van der Waals surface area contributed by atoms with Gasteiger partial charge in [0.25, 0.3) is 0 Å². The molecule has 4 heteroatoms. The lowest BCUT2D eigenvalue weighted by Gasteiger charge is -2.52. The van der Waals surface area contributed by atoms with Crippen LogP contribution in [0.5, 0.6) is 5.75 Å². The number of carbonyl (C=O) groups is 1. The summed E-state index contributed by atoms with van der Waals surface area (Å²) >= 11 is 0. The number of rotatable bonds is 7. The molecule has 0 aliphatic heterocycles. The molecule has 5 rings (SSSR count). The van der Waals surface area contributed by atoms with E-state index in [4.69, 9.17) is 9.47 Å². The summed E-state index contributed by atoms with van der Waals surface area (Å²) in [6.45, 7) is 3.01. The lowest BCUT2D eigenvalue weighted by molar-refractivity contribution is -0.137. The average Bonchev–Trinajstić information content (AvgIpc) is 3.13. The fraction of sp³-hybridized carbons (Fsp3) is 0.552. The molecule has 0 bridgehead atoms. The molecular formula is C29H36O4. The summed E-state index contributed by atoms with van der Waals surface area (Å²) < 4.78 is 12.1. The van der Waals surface area contributed by atoms with Crippen molar-refractivity contribution in [2.24, 2.45) is 23.2 Å². The molecule has 4 nitrogen and oxygen atoms in total. The molecule has 2 aromatic carbocycles. The number of ether oxygens (including phenoxy) is 2. The number of aryl methyl sites for hydroxylation is 1. The Balaban J connectivity index is 1.36. The van der Waals surface area contributed by atoms with Gasteiger partial charge in [-0.3, -0.25) is 4.79 Å². The summed E-state index contributed by atoms with van der Waals surface area (Å²) in [5.74, 6) is 2.45. The Morgan fingerprint density at radius 2 is 1.97 bits per heavy atom. The number of benzene rings is 2. The molecule has 6 unspecified atom stereocenters. The zero-order valence-corrected chi connectivity index (χ0v) is 19.8. The first kappa shape index (κ1) is 22.5. The minimum atomic E-state index is -0.679. The van der Waals surface area contributed by atoms with E-state index in [0.29, 0.717) is 30.3 Å². The van der Waals surface area contributed by atoms with Gasteiger partial charge in [0.05, 0.1) is 6.10 Å². The Hall–Kier alpha value is -2.33. The van der Waals surface area contributed by atoms with Gasteiger partial charge >= 0.3 is 5.97 Å². The smallest absolute Gasteiger partial charge is 0.303 e. The van der Waals surface area contributed by atoms with Gasteiger partial charge in [-0.05, 0) is 96.4 Å². The highest BCUT2D eigenvalue weighted by molar-refractivity contribution is 5.66. The Morgan fingerprint density at radius 3 is 2.73 bits per heavy atom. The summed E-state index contributed by atoms with van der Waals surface area (Å²) in [6.07, 6.45) is 6.91. The first-order chi connectivity index (χ1) is 16.0. The van der Waals surface area contributed by atoms with E-state index < -0.39 is 5.97 Å². The number of hydrogen-bond acceptors (Lipinski definition) is 3. The van der Waals surface area contributed by atoms with Crippen LogP contribution in [-0.2, 0) is 22.6 Å². The third-order valence-electron chi connectivity index (χ3n) is 9.02. The van der Waals surface area contributed by atoms with Crippen LogP contribution in [0.15, 0.2) is 48.5 Å². The topological polar surface area (TPSA) is 55.8 Å². The van der Waals surface area contributed by atoms with Crippen LogP contribution in [0.3, 0.4) is 0 Å². The number of methoxy groups -OCH3 is 1. The highest BCUT2D eigenvalue weighted by Crippen LogP contribution is 2.64. The molecule has 0 aromatic heterocycles. The van der Waals surface area contributed by atoms with Gasteiger partial charge in [-0.25, -0.2) is 0 Å².